The van der Waals surface area contributed by atoms with Crippen LogP contribution in [0.1, 0.15) is 17.8 Å². The second-order valence-electron chi connectivity index (χ2n) is 4.81. The van der Waals surface area contributed by atoms with Crippen molar-refractivity contribution in [2.45, 2.75) is 18.5 Å². The van der Waals surface area contributed by atoms with Gasteiger partial charge in [-0.05, 0) is 30.7 Å². The molecule has 0 aliphatic carbocycles. The van der Waals surface area contributed by atoms with Crippen LogP contribution in [0.2, 0.25) is 0 Å². The maximum Gasteiger partial charge on any atom is 0.137 e. The van der Waals surface area contributed by atoms with Gasteiger partial charge >= 0.3 is 0 Å². The average molecular weight is 280 g/mol. The molecule has 0 spiro atoms. The van der Waals surface area contributed by atoms with Crippen LogP contribution in [0.5, 0.6) is 0 Å². The molecule has 0 saturated carbocycles. The normalized spacial score (nSPS) is 11.5. The lowest BCUT2D eigenvalue weighted by molar-refractivity contribution is 0.411. The highest BCUT2D eigenvalue weighted by Crippen LogP contribution is 2.27. The van der Waals surface area contributed by atoms with Crippen molar-refractivity contribution >= 4 is 0 Å². The molecule has 0 amide bonds. The lowest BCUT2D eigenvalue weighted by Crippen LogP contribution is -2.40. The largest absolute Gasteiger partial charge is 0.315 e. The van der Waals surface area contributed by atoms with Crippen LogP contribution >= 0.6 is 0 Å². The molecule has 0 aromatic carbocycles. The van der Waals surface area contributed by atoms with E-state index in [0.717, 1.165) is 11.4 Å². The van der Waals surface area contributed by atoms with Crippen LogP contribution in [0.15, 0.2) is 61.4 Å². The van der Waals surface area contributed by atoms with Gasteiger partial charge in [0, 0.05) is 18.9 Å². The summed E-state index contributed by atoms with van der Waals surface area (Å²) in [5, 5.41) is 4.12. The Kier molecular flexibility index (Phi) is 3.70. The number of nitrogens with zero attached hydrogens (tertiary/aromatic N) is 5. The first-order valence-electron chi connectivity index (χ1n) is 6.73. The summed E-state index contributed by atoms with van der Waals surface area (Å²) in [6.07, 6.45) is 7.31. The van der Waals surface area contributed by atoms with Crippen LogP contribution in [0.4, 0.5) is 0 Å². The first-order valence-corrected chi connectivity index (χ1v) is 6.73. The topological polar surface area (TPSA) is 82.5 Å². The van der Waals surface area contributed by atoms with E-state index >= 15 is 0 Å². The summed E-state index contributed by atoms with van der Waals surface area (Å²) in [6.45, 7) is 0.643. The van der Waals surface area contributed by atoms with E-state index in [4.69, 9.17) is 5.73 Å². The quantitative estimate of drug-likeness (QED) is 0.763. The predicted molar refractivity (Wildman–Crippen MR) is 78.1 cm³/mol. The van der Waals surface area contributed by atoms with E-state index in [-0.39, 0.29) is 0 Å². The van der Waals surface area contributed by atoms with Gasteiger partial charge in [-0.2, -0.15) is 5.10 Å². The molecule has 0 aliphatic heterocycles. The highest BCUT2D eigenvalue weighted by Gasteiger charge is 2.32. The highest BCUT2D eigenvalue weighted by molar-refractivity contribution is 5.29. The molecule has 0 aliphatic rings. The van der Waals surface area contributed by atoms with Gasteiger partial charge < -0.3 is 5.73 Å². The molecule has 0 saturated heterocycles. The Morgan fingerprint density at radius 3 is 2.14 bits per heavy atom. The summed E-state index contributed by atoms with van der Waals surface area (Å²) in [7, 11) is 0. The Labute approximate surface area is 122 Å². The fraction of sp³-hybridized carbons (Fsp3) is 0.200. The number of hydrogen-bond donors (Lipinski definition) is 1. The van der Waals surface area contributed by atoms with Crippen LogP contribution in [0, 0.1) is 0 Å². The van der Waals surface area contributed by atoms with Crippen molar-refractivity contribution in [1.29, 1.82) is 0 Å². The highest BCUT2D eigenvalue weighted by atomic mass is 15.3. The molecule has 3 rings (SSSR count). The van der Waals surface area contributed by atoms with Gasteiger partial charge in [-0.25, -0.2) is 4.98 Å². The van der Waals surface area contributed by atoms with Crippen molar-refractivity contribution in [3.05, 3.63) is 72.8 Å². The summed E-state index contributed by atoms with van der Waals surface area (Å²) in [6, 6.07) is 11.5. The summed E-state index contributed by atoms with van der Waals surface area (Å²) in [5.41, 5.74) is 7.51. The maximum absolute atomic E-state index is 6.67. The Morgan fingerprint density at radius 2 is 1.67 bits per heavy atom. The number of aryl methyl sites for hydroxylation is 1. The zero-order valence-corrected chi connectivity index (χ0v) is 11.5. The van der Waals surface area contributed by atoms with Crippen molar-refractivity contribution in [2.24, 2.45) is 5.73 Å². The fourth-order valence-corrected chi connectivity index (χ4v) is 2.28. The van der Waals surface area contributed by atoms with Gasteiger partial charge in [0.15, 0.2) is 0 Å². The third kappa shape index (κ3) is 2.80. The second-order valence-corrected chi connectivity index (χ2v) is 4.81. The van der Waals surface area contributed by atoms with E-state index in [1.54, 1.807) is 23.4 Å². The van der Waals surface area contributed by atoms with Crippen LogP contribution in [0.3, 0.4) is 0 Å². The molecular formula is C15H16N6. The molecule has 6 nitrogen and oxygen atoms in total. The maximum atomic E-state index is 6.67. The Bertz CT molecular complexity index is 626. The smallest absolute Gasteiger partial charge is 0.137 e. The molecule has 106 valence electrons. The first kappa shape index (κ1) is 13.4. The summed E-state index contributed by atoms with van der Waals surface area (Å²) in [5.74, 6) is 0. The van der Waals surface area contributed by atoms with Crippen LogP contribution in [-0.2, 0) is 12.1 Å². The van der Waals surface area contributed by atoms with Gasteiger partial charge in [-0.15, -0.1) is 0 Å². The predicted octanol–water partition coefficient (Wildman–Crippen LogP) is 1.36. The number of aromatic nitrogens is 5. The molecule has 0 atom stereocenters. The standard InChI is InChI=1S/C15H16N6/c16-15(13-5-1-3-8-18-13,14-6-2-4-9-19-14)7-10-21-12-17-11-20-21/h1-6,8-9,11-12H,7,10,16H2. The minimum atomic E-state index is -0.755. The number of nitrogens with two attached hydrogens (primary N) is 1. The Hall–Kier alpha value is -2.60. The first-order chi connectivity index (χ1) is 10.3. The van der Waals surface area contributed by atoms with Gasteiger partial charge in [-0.1, -0.05) is 12.1 Å². The fourth-order valence-electron chi connectivity index (χ4n) is 2.28. The van der Waals surface area contributed by atoms with Crippen molar-refractivity contribution < 1.29 is 0 Å². The van der Waals surface area contributed by atoms with Crippen molar-refractivity contribution in [1.82, 2.24) is 24.7 Å². The number of pyridine rings is 2. The number of hydrogen-bond acceptors (Lipinski definition) is 5. The molecular weight excluding hydrogens is 264 g/mol. The van der Waals surface area contributed by atoms with E-state index in [1.807, 2.05) is 36.4 Å². The molecule has 3 heterocycles. The number of rotatable bonds is 5. The van der Waals surface area contributed by atoms with Gasteiger partial charge in [0.2, 0.25) is 0 Å². The molecule has 6 heteroatoms. The van der Waals surface area contributed by atoms with Gasteiger partial charge in [0.1, 0.15) is 18.2 Å². The van der Waals surface area contributed by atoms with E-state index in [1.165, 1.54) is 6.33 Å². The van der Waals surface area contributed by atoms with Gasteiger partial charge in [0.25, 0.3) is 0 Å². The van der Waals surface area contributed by atoms with Crippen molar-refractivity contribution in [2.75, 3.05) is 0 Å². The summed E-state index contributed by atoms with van der Waals surface area (Å²) >= 11 is 0. The second kappa shape index (κ2) is 5.80. The van der Waals surface area contributed by atoms with Gasteiger partial charge in [-0.3, -0.25) is 14.6 Å². The molecule has 0 fully saturated rings. The Balaban J connectivity index is 1.95. The Morgan fingerprint density at radius 1 is 1.00 bits per heavy atom. The van der Waals surface area contributed by atoms with E-state index in [0.29, 0.717) is 13.0 Å². The lowest BCUT2D eigenvalue weighted by Gasteiger charge is -2.28. The van der Waals surface area contributed by atoms with E-state index in [2.05, 4.69) is 20.1 Å². The van der Waals surface area contributed by atoms with Crippen LogP contribution in [0.25, 0.3) is 0 Å². The van der Waals surface area contributed by atoms with Gasteiger partial charge in [0.05, 0.1) is 11.4 Å². The third-order valence-electron chi connectivity index (χ3n) is 3.45. The zero-order valence-electron chi connectivity index (χ0n) is 11.5. The van der Waals surface area contributed by atoms with E-state index in [9.17, 15) is 0 Å². The lowest BCUT2D eigenvalue weighted by atomic mass is 9.87. The van der Waals surface area contributed by atoms with Crippen molar-refractivity contribution in [3.63, 3.8) is 0 Å². The molecule has 0 unspecified atom stereocenters. The monoisotopic (exact) mass is 280 g/mol. The molecule has 0 radical (unpaired) electrons. The molecule has 0 bridgehead atoms. The SMILES string of the molecule is NC(CCn1cncn1)(c1ccccn1)c1ccccn1. The zero-order chi connectivity index (χ0) is 14.5. The summed E-state index contributed by atoms with van der Waals surface area (Å²) < 4.78 is 1.76. The third-order valence-corrected chi connectivity index (χ3v) is 3.45. The molecule has 2 N–H and O–H groups in total. The van der Waals surface area contributed by atoms with Crippen molar-refractivity contribution in [3.8, 4) is 0 Å². The van der Waals surface area contributed by atoms with Crippen LogP contribution in [-0.4, -0.2) is 24.7 Å². The molecule has 21 heavy (non-hydrogen) atoms. The minimum absolute atomic E-state index is 0.629. The molecule has 3 aromatic heterocycles. The summed E-state index contributed by atoms with van der Waals surface area (Å²) in [4.78, 5) is 12.8. The minimum Gasteiger partial charge on any atom is -0.315 e. The van der Waals surface area contributed by atoms with Crippen LogP contribution < -0.4 is 5.73 Å². The average Bonchev–Trinajstić information content (AvgIpc) is 3.08. The van der Waals surface area contributed by atoms with E-state index < -0.39 is 5.54 Å². The molecule has 3 aromatic rings.